The first-order valence-corrected chi connectivity index (χ1v) is 7.55. The molecule has 0 bridgehead atoms. The van der Waals surface area contributed by atoms with Gasteiger partial charge >= 0.3 is 5.97 Å². The van der Waals surface area contributed by atoms with Crippen LogP contribution in [0.15, 0.2) is 33.1 Å². The summed E-state index contributed by atoms with van der Waals surface area (Å²) >= 11 is 1.44. The number of hydrazone groups is 1. The maximum absolute atomic E-state index is 12.1. The van der Waals surface area contributed by atoms with Crippen LogP contribution in [0.25, 0.3) is 0 Å². The number of thiophene rings is 1. The molecule has 1 amide bonds. The van der Waals surface area contributed by atoms with Crippen LogP contribution >= 0.6 is 11.3 Å². The van der Waals surface area contributed by atoms with Crippen molar-refractivity contribution in [1.82, 2.24) is 5.43 Å². The molecule has 0 aromatic carbocycles. The molecule has 0 saturated heterocycles. The van der Waals surface area contributed by atoms with Gasteiger partial charge in [0, 0.05) is 6.42 Å². The van der Waals surface area contributed by atoms with Crippen LogP contribution in [-0.2, 0) is 4.79 Å². The molecule has 0 aliphatic heterocycles. The van der Waals surface area contributed by atoms with Crippen molar-refractivity contribution >= 4 is 28.9 Å². The van der Waals surface area contributed by atoms with Crippen LogP contribution in [0.1, 0.15) is 39.6 Å². The van der Waals surface area contributed by atoms with Gasteiger partial charge in [-0.3, -0.25) is 9.59 Å². The van der Waals surface area contributed by atoms with E-state index in [0.717, 1.165) is 4.88 Å². The van der Waals surface area contributed by atoms with Crippen molar-refractivity contribution in [1.29, 1.82) is 0 Å². The Morgan fingerprint density at radius 3 is 2.68 bits per heavy atom. The van der Waals surface area contributed by atoms with Crippen molar-refractivity contribution in [2.24, 2.45) is 5.10 Å². The molecule has 0 unspecified atom stereocenters. The second-order valence-electron chi connectivity index (χ2n) is 4.70. The Hall–Kier alpha value is -2.41. The van der Waals surface area contributed by atoms with E-state index in [9.17, 15) is 9.59 Å². The summed E-state index contributed by atoms with van der Waals surface area (Å²) in [6.07, 6.45) is 0.204. The molecule has 0 aliphatic carbocycles. The Morgan fingerprint density at radius 1 is 1.36 bits per heavy atom. The van der Waals surface area contributed by atoms with Gasteiger partial charge < -0.3 is 9.52 Å². The molecule has 7 heteroatoms. The van der Waals surface area contributed by atoms with Crippen molar-refractivity contribution in [2.45, 2.75) is 26.7 Å². The third-order valence-corrected chi connectivity index (χ3v) is 3.88. The molecular formula is C15H16N2O4S. The van der Waals surface area contributed by atoms with Gasteiger partial charge in [-0.15, -0.1) is 11.3 Å². The fraction of sp³-hybridized carbons (Fsp3) is 0.267. The number of rotatable bonds is 6. The van der Waals surface area contributed by atoms with Crippen molar-refractivity contribution in [2.75, 3.05) is 0 Å². The normalized spacial score (nSPS) is 11.5. The predicted molar refractivity (Wildman–Crippen MR) is 83.4 cm³/mol. The van der Waals surface area contributed by atoms with Gasteiger partial charge in [0.1, 0.15) is 11.5 Å². The number of amides is 1. The van der Waals surface area contributed by atoms with Gasteiger partial charge in [-0.05, 0) is 31.4 Å². The molecule has 0 aliphatic rings. The number of aryl methyl sites for hydroxylation is 2. The molecule has 0 saturated carbocycles. The minimum absolute atomic E-state index is 0.0452. The number of nitrogens with one attached hydrogen (secondary N) is 1. The van der Waals surface area contributed by atoms with Crippen LogP contribution in [0.3, 0.4) is 0 Å². The number of hydrogen-bond donors (Lipinski definition) is 2. The molecule has 2 aromatic heterocycles. The van der Waals surface area contributed by atoms with Gasteiger partial charge in [0.05, 0.1) is 22.6 Å². The average molecular weight is 320 g/mol. The summed E-state index contributed by atoms with van der Waals surface area (Å²) in [4.78, 5) is 23.7. The minimum atomic E-state index is -0.906. The van der Waals surface area contributed by atoms with E-state index in [-0.39, 0.29) is 18.7 Å². The van der Waals surface area contributed by atoms with Gasteiger partial charge in [-0.2, -0.15) is 5.10 Å². The number of furan rings is 1. The number of aliphatic carboxylic acids is 1. The van der Waals surface area contributed by atoms with Gasteiger partial charge in [-0.25, -0.2) is 5.43 Å². The number of carbonyl (C=O) groups excluding carboxylic acids is 1. The van der Waals surface area contributed by atoms with E-state index < -0.39 is 5.97 Å². The molecule has 6 nitrogen and oxygen atoms in total. The number of hydrogen-bond acceptors (Lipinski definition) is 5. The molecule has 2 aromatic rings. The lowest BCUT2D eigenvalue weighted by Gasteiger charge is -2.04. The van der Waals surface area contributed by atoms with Gasteiger partial charge in [0.25, 0.3) is 5.91 Å². The van der Waals surface area contributed by atoms with E-state index in [1.54, 1.807) is 19.9 Å². The zero-order chi connectivity index (χ0) is 16.1. The first-order chi connectivity index (χ1) is 10.5. The Bertz CT molecular complexity index is 701. The lowest BCUT2D eigenvalue weighted by atomic mass is 10.2. The van der Waals surface area contributed by atoms with Gasteiger partial charge in [0.15, 0.2) is 0 Å². The van der Waals surface area contributed by atoms with Gasteiger partial charge in [0.2, 0.25) is 0 Å². The molecular weight excluding hydrogens is 304 g/mol. The van der Waals surface area contributed by atoms with E-state index in [1.807, 2.05) is 17.5 Å². The second-order valence-corrected chi connectivity index (χ2v) is 5.65. The van der Waals surface area contributed by atoms with Crippen LogP contribution < -0.4 is 5.43 Å². The highest BCUT2D eigenvalue weighted by molar-refractivity contribution is 7.12. The molecule has 0 radical (unpaired) electrons. The fourth-order valence-corrected chi connectivity index (χ4v) is 2.68. The quantitative estimate of drug-likeness (QED) is 0.632. The molecule has 2 N–H and O–H groups in total. The van der Waals surface area contributed by atoms with Crippen molar-refractivity contribution in [3.05, 3.63) is 45.5 Å². The maximum Gasteiger partial charge on any atom is 0.303 e. The number of carboxylic acid groups (broad SMARTS) is 1. The van der Waals surface area contributed by atoms with Crippen molar-refractivity contribution in [3.8, 4) is 0 Å². The summed E-state index contributed by atoms with van der Waals surface area (Å²) in [6.45, 7) is 3.47. The second kappa shape index (κ2) is 7.04. The van der Waals surface area contributed by atoms with E-state index in [1.165, 1.54) is 11.3 Å². The van der Waals surface area contributed by atoms with E-state index in [2.05, 4.69) is 10.5 Å². The molecule has 0 fully saturated rings. The van der Waals surface area contributed by atoms with Crippen LogP contribution in [0, 0.1) is 13.8 Å². The van der Waals surface area contributed by atoms with Crippen molar-refractivity contribution in [3.63, 3.8) is 0 Å². The van der Waals surface area contributed by atoms with Crippen LogP contribution in [-0.4, -0.2) is 22.7 Å². The lowest BCUT2D eigenvalue weighted by Crippen LogP contribution is -2.20. The van der Waals surface area contributed by atoms with Crippen LogP contribution in [0.2, 0.25) is 0 Å². The summed E-state index contributed by atoms with van der Waals surface area (Å²) in [5.41, 5.74) is 3.43. The van der Waals surface area contributed by atoms with Crippen LogP contribution in [0.5, 0.6) is 0 Å². The third kappa shape index (κ3) is 4.05. The Morgan fingerprint density at radius 2 is 2.14 bits per heavy atom. The van der Waals surface area contributed by atoms with Crippen LogP contribution in [0.4, 0.5) is 0 Å². The largest absolute Gasteiger partial charge is 0.481 e. The standard InChI is InChI=1S/C15H16N2O4S/c1-9-8-11(10(2)21-9)15(20)17-16-12(5-6-14(18)19)13-4-3-7-22-13/h3-4,7-8H,5-6H2,1-2H3,(H,17,20)(H,18,19)/b16-12-. The Kier molecular flexibility index (Phi) is 5.11. The lowest BCUT2D eigenvalue weighted by molar-refractivity contribution is -0.136. The Labute approximate surface area is 131 Å². The highest BCUT2D eigenvalue weighted by atomic mass is 32.1. The minimum Gasteiger partial charge on any atom is -0.481 e. The molecule has 116 valence electrons. The number of carboxylic acids is 1. The first-order valence-electron chi connectivity index (χ1n) is 6.67. The average Bonchev–Trinajstić information content (AvgIpc) is 3.08. The molecule has 0 atom stereocenters. The Balaban J connectivity index is 2.13. The summed E-state index contributed by atoms with van der Waals surface area (Å²) < 4.78 is 5.31. The van der Waals surface area contributed by atoms with E-state index >= 15 is 0 Å². The maximum atomic E-state index is 12.1. The fourth-order valence-electron chi connectivity index (χ4n) is 1.94. The third-order valence-electron chi connectivity index (χ3n) is 2.96. The molecule has 2 rings (SSSR count). The molecule has 22 heavy (non-hydrogen) atoms. The summed E-state index contributed by atoms with van der Waals surface area (Å²) in [7, 11) is 0. The van der Waals surface area contributed by atoms with Crippen molar-refractivity contribution < 1.29 is 19.1 Å². The SMILES string of the molecule is Cc1cc(C(=O)N/N=C(/CCC(=O)O)c2cccs2)c(C)o1. The zero-order valence-electron chi connectivity index (χ0n) is 12.3. The zero-order valence-corrected chi connectivity index (χ0v) is 13.1. The highest BCUT2D eigenvalue weighted by Gasteiger charge is 2.14. The smallest absolute Gasteiger partial charge is 0.303 e. The van der Waals surface area contributed by atoms with Gasteiger partial charge in [-0.1, -0.05) is 6.07 Å². The monoisotopic (exact) mass is 320 g/mol. The van der Waals surface area contributed by atoms with E-state index in [4.69, 9.17) is 9.52 Å². The molecule has 2 heterocycles. The van der Waals surface area contributed by atoms with E-state index in [0.29, 0.717) is 22.8 Å². The highest BCUT2D eigenvalue weighted by Crippen LogP contribution is 2.15. The summed E-state index contributed by atoms with van der Waals surface area (Å²) in [5, 5.41) is 14.8. The summed E-state index contributed by atoms with van der Waals surface area (Å²) in [5.74, 6) is -0.111. The number of carbonyl (C=O) groups is 2. The topological polar surface area (TPSA) is 91.9 Å². The predicted octanol–water partition coefficient (Wildman–Crippen LogP) is 2.96. The number of nitrogens with zero attached hydrogens (tertiary/aromatic N) is 1. The first kappa shape index (κ1) is 16.0. The summed E-state index contributed by atoms with van der Waals surface area (Å²) in [6, 6.07) is 5.33. The molecule has 0 spiro atoms.